The smallest absolute Gasteiger partial charge is 0.149 e. The monoisotopic (exact) mass is 207 g/mol. The first-order chi connectivity index (χ1) is 7.29. The van der Waals surface area contributed by atoms with Gasteiger partial charge in [-0.25, -0.2) is 0 Å². The van der Waals surface area contributed by atoms with Gasteiger partial charge < -0.3 is 10.1 Å². The molecule has 4 heteroatoms. The minimum absolute atomic E-state index is 0.312. The van der Waals surface area contributed by atoms with Crippen molar-refractivity contribution in [2.24, 2.45) is 0 Å². The number of hydrogen-bond acceptors (Lipinski definition) is 4. The number of anilines is 1. The molecule has 0 bridgehead atoms. The molecule has 1 saturated carbocycles. The normalized spacial score (nSPS) is 25.5. The molecule has 1 heterocycles. The summed E-state index contributed by atoms with van der Waals surface area (Å²) in [5.41, 5.74) is 1.12. The zero-order valence-electron chi connectivity index (χ0n) is 9.23. The zero-order chi connectivity index (χ0) is 10.7. The highest BCUT2D eigenvalue weighted by molar-refractivity contribution is 5.36. The van der Waals surface area contributed by atoms with Gasteiger partial charge in [0.25, 0.3) is 0 Å². The standard InChI is InChI=1S/C11H17N3O/c1-8-6-11(14-12-7-8)13-9-4-3-5-10(9)15-2/h6-7,9-10H,3-5H2,1-2H3,(H,13,14). The van der Waals surface area contributed by atoms with E-state index in [4.69, 9.17) is 4.74 Å². The van der Waals surface area contributed by atoms with Crippen LogP contribution in [0.4, 0.5) is 5.82 Å². The third kappa shape index (κ3) is 2.45. The van der Waals surface area contributed by atoms with Crippen molar-refractivity contribution in [1.82, 2.24) is 10.2 Å². The Labute approximate surface area is 90.1 Å². The number of nitrogens with zero attached hydrogens (tertiary/aromatic N) is 2. The molecule has 1 aliphatic carbocycles. The van der Waals surface area contributed by atoms with Crippen LogP contribution in [0.2, 0.25) is 0 Å². The van der Waals surface area contributed by atoms with Crippen LogP contribution in [0.3, 0.4) is 0 Å². The SMILES string of the molecule is COC1CCCC1Nc1cc(C)cnn1. The topological polar surface area (TPSA) is 47.0 Å². The lowest BCUT2D eigenvalue weighted by atomic mass is 10.2. The van der Waals surface area contributed by atoms with E-state index in [-0.39, 0.29) is 0 Å². The molecule has 1 aliphatic rings. The zero-order valence-corrected chi connectivity index (χ0v) is 9.23. The fourth-order valence-electron chi connectivity index (χ4n) is 2.10. The molecule has 0 aromatic carbocycles. The Balaban J connectivity index is 2.02. The second kappa shape index (κ2) is 4.57. The van der Waals surface area contributed by atoms with Gasteiger partial charge in [0.15, 0.2) is 0 Å². The van der Waals surface area contributed by atoms with Crippen LogP contribution in [0.15, 0.2) is 12.3 Å². The minimum Gasteiger partial charge on any atom is -0.379 e. The summed E-state index contributed by atoms with van der Waals surface area (Å²) in [6, 6.07) is 2.39. The van der Waals surface area contributed by atoms with Crippen LogP contribution in [-0.4, -0.2) is 29.5 Å². The van der Waals surface area contributed by atoms with E-state index in [0.717, 1.165) is 24.2 Å². The van der Waals surface area contributed by atoms with E-state index in [0.29, 0.717) is 12.1 Å². The summed E-state index contributed by atoms with van der Waals surface area (Å²) >= 11 is 0. The largest absolute Gasteiger partial charge is 0.379 e. The summed E-state index contributed by atoms with van der Waals surface area (Å²) < 4.78 is 5.42. The van der Waals surface area contributed by atoms with Gasteiger partial charge in [-0.2, -0.15) is 5.10 Å². The van der Waals surface area contributed by atoms with E-state index < -0.39 is 0 Å². The molecule has 0 aliphatic heterocycles. The van der Waals surface area contributed by atoms with Crippen molar-refractivity contribution in [1.29, 1.82) is 0 Å². The van der Waals surface area contributed by atoms with Gasteiger partial charge in [-0.1, -0.05) is 0 Å². The van der Waals surface area contributed by atoms with E-state index in [1.807, 2.05) is 13.0 Å². The predicted octanol–water partition coefficient (Wildman–Crippen LogP) is 1.76. The van der Waals surface area contributed by atoms with Gasteiger partial charge in [0.05, 0.1) is 18.3 Å². The minimum atomic E-state index is 0.312. The lowest BCUT2D eigenvalue weighted by Crippen LogP contribution is -2.30. The molecule has 1 aromatic heterocycles. The molecule has 0 amide bonds. The van der Waals surface area contributed by atoms with E-state index in [2.05, 4.69) is 15.5 Å². The van der Waals surface area contributed by atoms with Crippen LogP contribution >= 0.6 is 0 Å². The summed E-state index contributed by atoms with van der Waals surface area (Å²) in [6.45, 7) is 2.02. The number of aromatic nitrogens is 2. The van der Waals surface area contributed by atoms with Gasteiger partial charge in [0.2, 0.25) is 0 Å². The Kier molecular flexibility index (Phi) is 3.16. The Bertz CT molecular complexity index is 329. The average Bonchev–Trinajstić information content (AvgIpc) is 2.65. The molecular weight excluding hydrogens is 190 g/mol. The van der Waals surface area contributed by atoms with E-state index in [1.165, 1.54) is 6.42 Å². The molecule has 1 fully saturated rings. The Morgan fingerprint density at radius 3 is 3.07 bits per heavy atom. The molecule has 4 nitrogen and oxygen atoms in total. The fraction of sp³-hybridized carbons (Fsp3) is 0.636. The Morgan fingerprint density at radius 1 is 1.47 bits per heavy atom. The van der Waals surface area contributed by atoms with Crippen LogP contribution in [0.25, 0.3) is 0 Å². The number of hydrogen-bond donors (Lipinski definition) is 1. The Hall–Kier alpha value is -1.16. The maximum Gasteiger partial charge on any atom is 0.149 e. The molecule has 15 heavy (non-hydrogen) atoms. The van der Waals surface area contributed by atoms with Crippen LogP contribution in [0.1, 0.15) is 24.8 Å². The van der Waals surface area contributed by atoms with Gasteiger partial charge in [0, 0.05) is 7.11 Å². The molecule has 82 valence electrons. The lowest BCUT2D eigenvalue weighted by molar-refractivity contribution is 0.101. The van der Waals surface area contributed by atoms with Crippen molar-refractivity contribution in [3.63, 3.8) is 0 Å². The summed E-state index contributed by atoms with van der Waals surface area (Å²) in [6.07, 6.45) is 5.57. The average molecular weight is 207 g/mol. The molecule has 0 radical (unpaired) electrons. The maximum atomic E-state index is 5.42. The highest BCUT2D eigenvalue weighted by Crippen LogP contribution is 2.24. The molecule has 2 unspecified atom stereocenters. The van der Waals surface area contributed by atoms with Crippen LogP contribution in [0.5, 0.6) is 0 Å². The number of nitrogens with one attached hydrogen (secondary N) is 1. The first-order valence-corrected chi connectivity index (χ1v) is 5.38. The van der Waals surface area contributed by atoms with Crippen molar-refractivity contribution < 1.29 is 4.74 Å². The quantitative estimate of drug-likeness (QED) is 0.820. The van der Waals surface area contributed by atoms with Crippen molar-refractivity contribution in [3.05, 3.63) is 17.8 Å². The maximum absolute atomic E-state index is 5.42. The first kappa shape index (κ1) is 10.4. The van der Waals surface area contributed by atoms with Gasteiger partial charge in [-0.05, 0) is 37.8 Å². The second-order valence-corrected chi connectivity index (χ2v) is 4.07. The molecular formula is C11H17N3O. The van der Waals surface area contributed by atoms with E-state index >= 15 is 0 Å². The highest BCUT2D eigenvalue weighted by atomic mass is 16.5. The summed E-state index contributed by atoms with van der Waals surface area (Å²) in [5, 5.41) is 11.4. The summed E-state index contributed by atoms with van der Waals surface area (Å²) in [4.78, 5) is 0. The summed E-state index contributed by atoms with van der Waals surface area (Å²) in [5.74, 6) is 0.851. The first-order valence-electron chi connectivity index (χ1n) is 5.38. The van der Waals surface area contributed by atoms with Crippen molar-refractivity contribution in [2.75, 3.05) is 12.4 Å². The van der Waals surface area contributed by atoms with Crippen molar-refractivity contribution >= 4 is 5.82 Å². The number of ether oxygens (including phenoxy) is 1. The Morgan fingerprint density at radius 2 is 2.33 bits per heavy atom. The fourth-order valence-corrected chi connectivity index (χ4v) is 2.10. The van der Waals surface area contributed by atoms with Crippen molar-refractivity contribution in [2.45, 2.75) is 38.3 Å². The van der Waals surface area contributed by atoms with Gasteiger partial charge in [-0.15, -0.1) is 5.10 Å². The lowest BCUT2D eigenvalue weighted by Gasteiger charge is -2.19. The van der Waals surface area contributed by atoms with Crippen LogP contribution < -0.4 is 5.32 Å². The van der Waals surface area contributed by atoms with Crippen LogP contribution in [0, 0.1) is 6.92 Å². The molecule has 1 N–H and O–H groups in total. The molecule has 2 atom stereocenters. The number of aryl methyl sites for hydroxylation is 1. The number of methoxy groups -OCH3 is 1. The summed E-state index contributed by atoms with van der Waals surface area (Å²) in [7, 11) is 1.77. The molecule has 0 spiro atoms. The third-order valence-corrected chi connectivity index (χ3v) is 2.88. The van der Waals surface area contributed by atoms with Gasteiger partial charge >= 0.3 is 0 Å². The second-order valence-electron chi connectivity index (χ2n) is 4.07. The van der Waals surface area contributed by atoms with Crippen molar-refractivity contribution in [3.8, 4) is 0 Å². The number of rotatable bonds is 3. The van der Waals surface area contributed by atoms with Crippen LogP contribution in [-0.2, 0) is 4.74 Å². The molecule has 1 aromatic rings. The predicted molar refractivity (Wildman–Crippen MR) is 58.8 cm³/mol. The molecule has 0 saturated heterocycles. The third-order valence-electron chi connectivity index (χ3n) is 2.88. The van der Waals surface area contributed by atoms with E-state index in [1.54, 1.807) is 13.3 Å². The van der Waals surface area contributed by atoms with Gasteiger partial charge in [-0.3, -0.25) is 0 Å². The van der Waals surface area contributed by atoms with Gasteiger partial charge in [0.1, 0.15) is 5.82 Å². The van der Waals surface area contributed by atoms with E-state index in [9.17, 15) is 0 Å². The molecule has 2 rings (SSSR count). The highest BCUT2D eigenvalue weighted by Gasteiger charge is 2.27.